The fraction of sp³-hybridized carbons (Fsp3) is 0.250. The summed E-state index contributed by atoms with van der Waals surface area (Å²) in [5.41, 5.74) is 3.93. The lowest BCUT2D eigenvalue weighted by Crippen LogP contribution is -2.06. The number of alkyl halides is 2. The van der Waals surface area contributed by atoms with E-state index in [1.807, 2.05) is 0 Å². The smallest absolute Gasteiger partial charge is 0.282 e. The molecule has 82 valence electrons. The molecule has 1 rings (SSSR count). The molecule has 7 heteroatoms. The van der Waals surface area contributed by atoms with E-state index in [1.54, 1.807) is 0 Å². The van der Waals surface area contributed by atoms with Crippen LogP contribution in [0.25, 0.3) is 0 Å². The molecule has 1 aromatic heterocycles. The molecular weight excluding hydrogens is 230 g/mol. The third-order valence-electron chi connectivity index (χ3n) is 1.69. The second-order valence-electron chi connectivity index (χ2n) is 2.59. The first-order chi connectivity index (χ1) is 6.97. The quantitative estimate of drug-likeness (QED) is 0.815. The molecule has 0 saturated heterocycles. The number of nitrogen functional groups attached to an aromatic ring is 1. The minimum Gasteiger partial charge on any atom is -0.481 e. The highest BCUT2D eigenvalue weighted by molar-refractivity contribution is 6.68. The Hall–Kier alpha value is -1.43. The minimum atomic E-state index is -2.89. The van der Waals surface area contributed by atoms with E-state index in [-0.39, 0.29) is 11.4 Å². The molecule has 0 radical (unpaired) electrons. The Labute approximate surface area is 89.0 Å². The highest BCUT2D eigenvalue weighted by atomic mass is 35.5. The van der Waals surface area contributed by atoms with Crippen LogP contribution in [0.2, 0.25) is 0 Å². The normalized spacial score (nSPS) is 10.5. The summed E-state index contributed by atoms with van der Waals surface area (Å²) in [6.45, 7) is 0. The second-order valence-corrected chi connectivity index (χ2v) is 2.93. The molecule has 0 unspecified atom stereocenters. The van der Waals surface area contributed by atoms with Crippen molar-refractivity contribution < 1.29 is 18.3 Å². The van der Waals surface area contributed by atoms with E-state index in [2.05, 4.69) is 9.72 Å². The summed E-state index contributed by atoms with van der Waals surface area (Å²) in [6.07, 6.45) is -2.89. The Morgan fingerprint density at radius 3 is 2.67 bits per heavy atom. The van der Waals surface area contributed by atoms with Crippen molar-refractivity contribution in [1.29, 1.82) is 0 Å². The van der Waals surface area contributed by atoms with Gasteiger partial charge < -0.3 is 10.5 Å². The average molecular weight is 237 g/mol. The van der Waals surface area contributed by atoms with E-state index >= 15 is 0 Å². The zero-order chi connectivity index (χ0) is 11.6. The van der Waals surface area contributed by atoms with E-state index in [4.69, 9.17) is 17.3 Å². The number of methoxy groups -OCH3 is 1. The van der Waals surface area contributed by atoms with E-state index in [0.717, 1.165) is 6.07 Å². The average Bonchev–Trinajstić information content (AvgIpc) is 2.17. The molecule has 0 aliphatic rings. The predicted molar refractivity (Wildman–Crippen MR) is 50.3 cm³/mol. The van der Waals surface area contributed by atoms with Crippen molar-refractivity contribution in [3.05, 3.63) is 17.3 Å². The molecule has 0 amide bonds. The van der Waals surface area contributed by atoms with Crippen LogP contribution < -0.4 is 10.5 Å². The lowest BCUT2D eigenvalue weighted by molar-refractivity contribution is 0.108. The van der Waals surface area contributed by atoms with Gasteiger partial charge in [-0.25, -0.2) is 13.8 Å². The molecule has 0 bridgehead atoms. The van der Waals surface area contributed by atoms with Gasteiger partial charge in [0, 0.05) is 6.07 Å². The topological polar surface area (TPSA) is 65.2 Å². The number of aromatic nitrogens is 1. The van der Waals surface area contributed by atoms with Crippen LogP contribution in [0.5, 0.6) is 5.88 Å². The molecule has 2 N–H and O–H groups in total. The van der Waals surface area contributed by atoms with Crippen molar-refractivity contribution in [3.63, 3.8) is 0 Å². The van der Waals surface area contributed by atoms with Crippen molar-refractivity contribution in [1.82, 2.24) is 4.98 Å². The van der Waals surface area contributed by atoms with E-state index < -0.39 is 23.0 Å². The Morgan fingerprint density at radius 1 is 1.67 bits per heavy atom. The lowest BCUT2D eigenvalue weighted by Gasteiger charge is -2.09. The van der Waals surface area contributed by atoms with Gasteiger partial charge in [0.05, 0.1) is 18.4 Å². The summed E-state index contributed by atoms with van der Waals surface area (Å²) in [7, 11) is 1.23. The fourth-order valence-electron chi connectivity index (χ4n) is 0.984. The van der Waals surface area contributed by atoms with Crippen LogP contribution >= 0.6 is 11.6 Å². The highest BCUT2D eigenvalue weighted by Gasteiger charge is 2.20. The maximum absolute atomic E-state index is 12.4. The van der Waals surface area contributed by atoms with Gasteiger partial charge in [-0.2, -0.15) is 0 Å². The minimum absolute atomic E-state index is 0.136. The van der Waals surface area contributed by atoms with Gasteiger partial charge in [-0.1, -0.05) is 0 Å². The molecule has 0 spiro atoms. The van der Waals surface area contributed by atoms with Gasteiger partial charge in [0.25, 0.3) is 11.7 Å². The van der Waals surface area contributed by atoms with Gasteiger partial charge in [0.2, 0.25) is 5.88 Å². The Bertz CT molecular complexity index is 398. The summed E-state index contributed by atoms with van der Waals surface area (Å²) < 4.78 is 29.5. The van der Waals surface area contributed by atoms with Gasteiger partial charge in [0.1, 0.15) is 5.69 Å². The van der Waals surface area contributed by atoms with Gasteiger partial charge in [0.15, 0.2) is 0 Å². The molecule has 0 saturated carbocycles. The number of hydrogen-bond donors (Lipinski definition) is 1. The maximum atomic E-state index is 12.4. The van der Waals surface area contributed by atoms with Crippen molar-refractivity contribution in [2.24, 2.45) is 0 Å². The first-order valence-electron chi connectivity index (χ1n) is 3.79. The molecule has 0 fully saturated rings. The van der Waals surface area contributed by atoms with Crippen LogP contribution in [0, 0.1) is 0 Å². The second kappa shape index (κ2) is 4.39. The number of nitrogens with zero attached hydrogens (tertiary/aromatic N) is 1. The van der Waals surface area contributed by atoms with Crippen molar-refractivity contribution in [2.45, 2.75) is 6.43 Å². The molecular formula is C8H7ClF2N2O2. The molecule has 4 nitrogen and oxygen atoms in total. The highest BCUT2D eigenvalue weighted by Crippen LogP contribution is 2.29. The van der Waals surface area contributed by atoms with Crippen LogP contribution in [0.4, 0.5) is 14.5 Å². The summed E-state index contributed by atoms with van der Waals surface area (Å²) in [4.78, 5) is 14.3. The van der Waals surface area contributed by atoms with Crippen molar-refractivity contribution >= 4 is 22.5 Å². The summed E-state index contributed by atoms with van der Waals surface area (Å²) in [6, 6.07) is 1.11. The maximum Gasteiger partial charge on any atom is 0.282 e. The molecule has 0 aromatic carbocycles. The predicted octanol–water partition coefficient (Wildman–Crippen LogP) is 1.99. The first kappa shape index (κ1) is 11.6. The van der Waals surface area contributed by atoms with Crippen LogP contribution in [0.3, 0.4) is 0 Å². The van der Waals surface area contributed by atoms with Crippen LogP contribution in [-0.2, 0) is 0 Å². The van der Waals surface area contributed by atoms with E-state index in [0.29, 0.717) is 0 Å². The first-order valence-corrected chi connectivity index (χ1v) is 4.17. The monoisotopic (exact) mass is 236 g/mol. The number of pyridine rings is 1. The molecule has 0 aliphatic carbocycles. The number of carbonyl (C=O) groups is 1. The standard InChI is InChI=1S/C8H7ClF2N2O2/c1-15-4-2-3(7(9)14)5(12)6(13-4)8(10)11/h2,8H,12H2,1H3. The lowest BCUT2D eigenvalue weighted by atomic mass is 10.2. The molecule has 1 aromatic rings. The third-order valence-corrected chi connectivity index (χ3v) is 1.90. The molecule has 0 atom stereocenters. The Balaban J connectivity index is 3.40. The number of anilines is 1. The molecule has 15 heavy (non-hydrogen) atoms. The van der Waals surface area contributed by atoms with Crippen LogP contribution in [-0.4, -0.2) is 17.3 Å². The van der Waals surface area contributed by atoms with Crippen molar-refractivity contribution in [2.75, 3.05) is 12.8 Å². The van der Waals surface area contributed by atoms with Crippen LogP contribution in [0.1, 0.15) is 22.5 Å². The van der Waals surface area contributed by atoms with Crippen molar-refractivity contribution in [3.8, 4) is 5.88 Å². The number of nitrogens with two attached hydrogens (primary N) is 1. The number of hydrogen-bond acceptors (Lipinski definition) is 4. The fourth-order valence-corrected chi connectivity index (χ4v) is 1.14. The number of ether oxygens (including phenoxy) is 1. The SMILES string of the molecule is COc1cc(C(=O)Cl)c(N)c(C(F)F)n1. The van der Waals surface area contributed by atoms with Gasteiger partial charge in [-0.15, -0.1) is 0 Å². The summed E-state index contributed by atoms with van der Waals surface area (Å²) in [5, 5.41) is -0.935. The largest absolute Gasteiger partial charge is 0.481 e. The van der Waals surface area contributed by atoms with E-state index in [9.17, 15) is 13.6 Å². The number of halogens is 3. The number of rotatable bonds is 3. The molecule has 0 aliphatic heterocycles. The van der Waals surface area contributed by atoms with Gasteiger partial charge in [-0.3, -0.25) is 4.79 Å². The zero-order valence-electron chi connectivity index (χ0n) is 7.63. The Morgan fingerprint density at radius 2 is 2.27 bits per heavy atom. The third kappa shape index (κ3) is 2.33. The van der Waals surface area contributed by atoms with Gasteiger partial charge >= 0.3 is 0 Å². The Kier molecular flexibility index (Phi) is 3.41. The summed E-state index contributed by atoms with van der Waals surface area (Å²) in [5.74, 6) is -0.136. The number of carbonyl (C=O) groups excluding carboxylic acids is 1. The molecule has 1 heterocycles. The van der Waals surface area contributed by atoms with Gasteiger partial charge in [-0.05, 0) is 11.6 Å². The van der Waals surface area contributed by atoms with E-state index in [1.165, 1.54) is 7.11 Å². The summed E-state index contributed by atoms with van der Waals surface area (Å²) >= 11 is 5.17. The zero-order valence-corrected chi connectivity index (χ0v) is 8.39. The van der Waals surface area contributed by atoms with Crippen LogP contribution in [0.15, 0.2) is 6.07 Å².